The maximum atomic E-state index is 12.9. The number of carbonyl (C=O) groups excluding carboxylic acids is 1. The molecule has 1 aliphatic carbocycles. The lowest BCUT2D eigenvalue weighted by Crippen LogP contribution is -2.45. The van der Waals surface area contributed by atoms with E-state index < -0.39 is 8.80 Å². The molecule has 0 fully saturated rings. The summed E-state index contributed by atoms with van der Waals surface area (Å²) in [6, 6.07) is 11.0. The first-order chi connectivity index (χ1) is 13.6. The van der Waals surface area contributed by atoms with E-state index in [4.69, 9.17) is 13.3 Å². The second kappa shape index (κ2) is 9.61. The number of hydrogen-bond donors (Lipinski definition) is 0. The second-order valence-electron chi connectivity index (χ2n) is 6.92. The highest BCUT2D eigenvalue weighted by molar-refractivity contribution is 6.60. The molecule has 0 N–H and O–H groups in total. The summed E-state index contributed by atoms with van der Waals surface area (Å²) in [5, 5.41) is 2.26. The first-order valence-corrected chi connectivity index (χ1v) is 12.3. The molecule has 0 spiro atoms. The Morgan fingerprint density at radius 1 is 0.857 bits per heavy atom. The van der Waals surface area contributed by atoms with Gasteiger partial charge in [0.2, 0.25) is 0 Å². The third-order valence-electron chi connectivity index (χ3n) is 5.08. The Kier molecular flexibility index (Phi) is 7.18. The number of unbranched alkanes of at least 4 members (excludes halogenated alkanes) is 1. The molecule has 1 aliphatic rings. The Balaban J connectivity index is 1.63. The van der Waals surface area contributed by atoms with Crippen molar-refractivity contribution in [3.05, 3.63) is 47.0 Å². The van der Waals surface area contributed by atoms with Crippen LogP contribution in [-0.4, -0.2) is 34.4 Å². The third-order valence-corrected chi connectivity index (χ3v) is 8.23. The van der Waals surface area contributed by atoms with Crippen molar-refractivity contribution in [1.82, 2.24) is 0 Å². The van der Waals surface area contributed by atoms with Gasteiger partial charge in [-0.05, 0) is 55.5 Å². The highest BCUT2D eigenvalue weighted by Crippen LogP contribution is 2.33. The van der Waals surface area contributed by atoms with Crippen LogP contribution in [0.25, 0.3) is 22.9 Å². The van der Waals surface area contributed by atoms with Crippen molar-refractivity contribution in [2.24, 2.45) is 0 Å². The summed E-state index contributed by atoms with van der Waals surface area (Å²) in [7, 11) is -2.62. The predicted octanol–water partition coefficient (Wildman–Crippen LogP) is 5.73. The molecule has 4 nitrogen and oxygen atoms in total. The van der Waals surface area contributed by atoms with Gasteiger partial charge in [-0.1, -0.05) is 42.5 Å². The summed E-state index contributed by atoms with van der Waals surface area (Å²) in [6.45, 7) is 7.65. The zero-order valence-electron chi connectivity index (χ0n) is 17.1. The van der Waals surface area contributed by atoms with Crippen LogP contribution in [0.2, 0.25) is 6.04 Å². The van der Waals surface area contributed by atoms with E-state index in [1.807, 2.05) is 32.9 Å². The van der Waals surface area contributed by atoms with Gasteiger partial charge in [0.1, 0.15) is 0 Å². The Morgan fingerprint density at radius 3 is 2.14 bits per heavy atom. The van der Waals surface area contributed by atoms with Crippen LogP contribution in [0.3, 0.4) is 0 Å². The lowest BCUT2D eigenvalue weighted by Gasteiger charge is -2.28. The van der Waals surface area contributed by atoms with Gasteiger partial charge in [-0.3, -0.25) is 4.79 Å². The molecule has 0 heterocycles. The standard InChI is InChI=1S/C23H30O4Si/c1-4-25-28(26-5-2,27-6-3)17-8-7-12-22(24)20-16-15-19-14-13-18-10-9-11-21(20)23(18)19/h9-11,13-16H,4-8,12,17H2,1-3H3. The summed E-state index contributed by atoms with van der Waals surface area (Å²) < 4.78 is 17.7. The number of Topliss-reactive ketones (excluding diaryl/α,β-unsaturated/α-hetero) is 1. The fourth-order valence-corrected chi connectivity index (χ4v) is 6.61. The fourth-order valence-electron chi connectivity index (χ4n) is 3.93. The Morgan fingerprint density at radius 2 is 1.50 bits per heavy atom. The Bertz CT molecular complexity index is 830. The SMILES string of the molecule is CCO[Si](CCCCC(=O)c1ccc2c3c(cccc13)C=C2)(OCC)OCC. The van der Waals surface area contributed by atoms with Crippen LogP contribution in [0.5, 0.6) is 0 Å². The average molecular weight is 399 g/mol. The molecule has 0 aliphatic heterocycles. The molecule has 0 aromatic heterocycles. The Hall–Kier alpha value is -1.79. The van der Waals surface area contributed by atoms with Gasteiger partial charge < -0.3 is 13.3 Å². The minimum absolute atomic E-state index is 0.201. The minimum Gasteiger partial charge on any atom is -0.374 e. The molecule has 0 saturated heterocycles. The van der Waals surface area contributed by atoms with E-state index in [2.05, 4.69) is 30.4 Å². The molecule has 0 saturated carbocycles. The highest BCUT2D eigenvalue weighted by atomic mass is 28.4. The number of ketones is 1. The van der Waals surface area contributed by atoms with E-state index >= 15 is 0 Å². The first kappa shape index (κ1) is 20.9. The van der Waals surface area contributed by atoms with Crippen LogP contribution in [0.4, 0.5) is 0 Å². The van der Waals surface area contributed by atoms with E-state index in [0.717, 1.165) is 29.8 Å². The van der Waals surface area contributed by atoms with Gasteiger partial charge in [0.25, 0.3) is 0 Å². The van der Waals surface area contributed by atoms with E-state index in [-0.39, 0.29) is 5.78 Å². The second-order valence-corrected chi connectivity index (χ2v) is 9.65. The van der Waals surface area contributed by atoms with Crippen molar-refractivity contribution >= 4 is 37.5 Å². The van der Waals surface area contributed by atoms with E-state index in [1.54, 1.807) is 0 Å². The maximum absolute atomic E-state index is 12.9. The van der Waals surface area contributed by atoms with Gasteiger partial charge >= 0.3 is 8.80 Å². The largest absolute Gasteiger partial charge is 0.500 e. The smallest absolute Gasteiger partial charge is 0.374 e. The number of rotatable bonds is 12. The van der Waals surface area contributed by atoms with Gasteiger partial charge in [-0.15, -0.1) is 0 Å². The summed E-state index contributed by atoms with van der Waals surface area (Å²) in [5.41, 5.74) is 3.22. The van der Waals surface area contributed by atoms with Crippen molar-refractivity contribution in [1.29, 1.82) is 0 Å². The summed E-state index contributed by atoms with van der Waals surface area (Å²) in [6.07, 6.45) is 6.43. The summed E-state index contributed by atoms with van der Waals surface area (Å²) in [5.74, 6) is 0.201. The average Bonchev–Trinajstić information content (AvgIpc) is 3.11. The third kappa shape index (κ3) is 4.44. The normalized spacial score (nSPS) is 12.8. The molecule has 3 rings (SSSR count). The van der Waals surface area contributed by atoms with Gasteiger partial charge in [0.15, 0.2) is 5.78 Å². The van der Waals surface area contributed by atoms with E-state index in [0.29, 0.717) is 26.2 Å². The zero-order valence-corrected chi connectivity index (χ0v) is 18.1. The minimum atomic E-state index is -2.62. The molecule has 0 radical (unpaired) electrons. The topological polar surface area (TPSA) is 44.8 Å². The molecule has 5 heteroatoms. The lowest BCUT2D eigenvalue weighted by molar-refractivity contribution is 0.0703. The first-order valence-electron chi connectivity index (χ1n) is 10.3. The van der Waals surface area contributed by atoms with Crippen molar-refractivity contribution in [2.45, 2.75) is 46.1 Å². The summed E-state index contributed by atoms with van der Waals surface area (Å²) >= 11 is 0. The zero-order chi connectivity index (χ0) is 20.0. The number of hydrogen-bond acceptors (Lipinski definition) is 4. The van der Waals surface area contributed by atoms with Crippen molar-refractivity contribution in [3.63, 3.8) is 0 Å². The number of benzene rings is 2. The van der Waals surface area contributed by atoms with Crippen LogP contribution in [0, 0.1) is 0 Å². The van der Waals surface area contributed by atoms with Gasteiger partial charge in [-0.25, -0.2) is 0 Å². The van der Waals surface area contributed by atoms with Crippen LogP contribution >= 0.6 is 0 Å². The molecule has 0 atom stereocenters. The number of carbonyl (C=O) groups is 1. The molecule has 28 heavy (non-hydrogen) atoms. The van der Waals surface area contributed by atoms with Crippen LogP contribution < -0.4 is 0 Å². The molecule has 0 amide bonds. The van der Waals surface area contributed by atoms with E-state index in [9.17, 15) is 4.79 Å². The molecule has 2 aromatic rings. The lowest BCUT2D eigenvalue weighted by atomic mass is 9.95. The predicted molar refractivity (Wildman–Crippen MR) is 116 cm³/mol. The Labute approximate surface area is 168 Å². The fraction of sp³-hybridized carbons (Fsp3) is 0.435. The van der Waals surface area contributed by atoms with Crippen molar-refractivity contribution < 1.29 is 18.1 Å². The molecular weight excluding hydrogens is 368 g/mol. The monoisotopic (exact) mass is 398 g/mol. The van der Waals surface area contributed by atoms with Crippen LogP contribution in [0.15, 0.2) is 30.3 Å². The van der Waals surface area contributed by atoms with E-state index in [1.165, 1.54) is 16.5 Å². The van der Waals surface area contributed by atoms with Crippen LogP contribution in [0.1, 0.15) is 61.5 Å². The molecule has 150 valence electrons. The molecular formula is C23H30O4Si. The van der Waals surface area contributed by atoms with Gasteiger partial charge in [0.05, 0.1) is 0 Å². The van der Waals surface area contributed by atoms with Gasteiger partial charge in [0, 0.05) is 37.8 Å². The molecule has 2 aromatic carbocycles. The highest BCUT2D eigenvalue weighted by Gasteiger charge is 2.39. The van der Waals surface area contributed by atoms with Gasteiger partial charge in [-0.2, -0.15) is 0 Å². The van der Waals surface area contributed by atoms with Crippen LogP contribution in [-0.2, 0) is 13.3 Å². The molecule has 0 unspecified atom stereocenters. The maximum Gasteiger partial charge on any atom is 0.500 e. The quantitative estimate of drug-likeness (QED) is 0.222. The van der Waals surface area contributed by atoms with Crippen molar-refractivity contribution in [2.75, 3.05) is 19.8 Å². The summed E-state index contributed by atoms with van der Waals surface area (Å²) in [4.78, 5) is 12.9. The molecule has 0 bridgehead atoms. The van der Waals surface area contributed by atoms with Crippen molar-refractivity contribution in [3.8, 4) is 0 Å².